The van der Waals surface area contributed by atoms with E-state index >= 15 is 0 Å². The molecule has 1 saturated carbocycles. The van der Waals surface area contributed by atoms with Crippen LogP contribution >= 0.6 is 11.6 Å². The highest BCUT2D eigenvalue weighted by Crippen LogP contribution is 2.23. The molecule has 0 radical (unpaired) electrons. The molecule has 0 atom stereocenters. The third-order valence-corrected chi connectivity index (χ3v) is 3.78. The Morgan fingerprint density at radius 3 is 3.00 bits per heavy atom. The topological polar surface area (TPSA) is 37.0 Å². The summed E-state index contributed by atoms with van der Waals surface area (Å²) in [6.45, 7) is 0.720. The van der Waals surface area contributed by atoms with Crippen molar-refractivity contribution in [2.24, 2.45) is 0 Å². The SMILES string of the molecule is Clc1ccc2c(CNOC3CCCC3)c[nH]c2c1. The van der Waals surface area contributed by atoms with Crippen molar-refractivity contribution < 1.29 is 4.84 Å². The first kappa shape index (κ1) is 12.0. The summed E-state index contributed by atoms with van der Waals surface area (Å²) < 4.78 is 0. The summed E-state index contributed by atoms with van der Waals surface area (Å²) in [5.74, 6) is 0. The summed E-state index contributed by atoms with van der Waals surface area (Å²) in [7, 11) is 0. The largest absolute Gasteiger partial charge is 0.361 e. The Balaban J connectivity index is 1.63. The monoisotopic (exact) mass is 264 g/mol. The molecule has 1 heterocycles. The summed E-state index contributed by atoms with van der Waals surface area (Å²) in [5, 5.41) is 1.95. The lowest BCUT2D eigenvalue weighted by atomic mass is 10.2. The van der Waals surface area contributed by atoms with Gasteiger partial charge >= 0.3 is 0 Å². The van der Waals surface area contributed by atoms with E-state index in [0.717, 1.165) is 17.1 Å². The first-order valence-electron chi connectivity index (χ1n) is 6.47. The van der Waals surface area contributed by atoms with E-state index in [1.54, 1.807) is 0 Å². The fourth-order valence-electron chi connectivity index (χ4n) is 2.55. The van der Waals surface area contributed by atoms with Gasteiger partial charge in [-0.2, -0.15) is 5.48 Å². The molecule has 18 heavy (non-hydrogen) atoms. The zero-order valence-corrected chi connectivity index (χ0v) is 11.0. The van der Waals surface area contributed by atoms with E-state index in [2.05, 4.69) is 10.5 Å². The molecule has 2 N–H and O–H groups in total. The van der Waals surface area contributed by atoms with Crippen LogP contribution < -0.4 is 5.48 Å². The van der Waals surface area contributed by atoms with Crippen molar-refractivity contribution in [3.63, 3.8) is 0 Å². The Hall–Kier alpha value is -1.03. The van der Waals surface area contributed by atoms with Crippen molar-refractivity contribution in [2.45, 2.75) is 38.3 Å². The van der Waals surface area contributed by atoms with Crippen molar-refractivity contribution in [3.05, 3.63) is 35.0 Å². The van der Waals surface area contributed by atoms with Crippen molar-refractivity contribution in [1.82, 2.24) is 10.5 Å². The fraction of sp³-hybridized carbons (Fsp3) is 0.429. The molecule has 96 valence electrons. The van der Waals surface area contributed by atoms with Gasteiger partial charge < -0.3 is 4.98 Å². The molecule has 3 nitrogen and oxygen atoms in total. The second-order valence-electron chi connectivity index (χ2n) is 4.85. The number of aromatic amines is 1. The number of halogens is 1. The summed E-state index contributed by atoms with van der Waals surface area (Å²) >= 11 is 5.96. The van der Waals surface area contributed by atoms with E-state index in [1.807, 2.05) is 24.4 Å². The molecule has 2 aromatic rings. The van der Waals surface area contributed by atoms with Gasteiger partial charge in [0.2, 0.25) is 0 Å². The second-order valence-corrected chi connectivity index (χ2v) is 5.29. The van der Waals surface area contributed by atoms with Gasteiger partial charge in [-0.15, -0.1) is 0 Å². The molecule has 1 aromatic heterocycles. The van der Waals surface area contributed by atoms with Gasteiger partial charge in [0.1, 0.15) is 0 Å². The number of nitrogens with one attached hydrogen (secondary N) is 2. The van der Waals surface area contributed by atoms with E-state index in [1.165, 1.54) is 36.6 Å². The number of hydrogen-bond donors (Lipinski definition) is 2. The summed E-state index contributed by atoms with van der Waals surface area (Å²) in [4.78, 5) is 8.89. The van der Waals surface area contributed by atoms with Crippen LogP contribution in [0, 0.1) is 0 Å². The number of aromatic nitrogens is 1. The van der Waals surface area contributed by atoms with Gasteiger partial charge in [0, 0.05) is 28.7 Å². The Bertz CT molecular complexity index is 532. The van der Waals surface area contributed by atoms with Crippen LogP contribution in [0.4, 0.5) is 0 Å². The number of H-pyrrole nitrogens is 1. The standard InChI is InChI=1S/C14H17ClN2O/c15-11-5-6-13-10(8-16-14(13)7-11)9-17-18-12-3-1-2-4-12/h5-8,12,16-17H,1-4,9H2. The lowest BCUT2D eigenvalue weighted by Crippen LogP contribution is -2.21. The summed E-state index contributed by atoms with van der Waals surface area (Å²) in [6.07, 6.45) is 7.33. The zero-order chi connectivity index (χ0) is 12.4. The van der Waals surface area contributed by atoms with Gasteiger partial charge in [-0.1, -0.05) is 30.5 Å². The van der Waals surface area contributed by atoms with Crippen molar-refractivity contribution in [1.29, 1.82) is 0 Å². The van der Waals surface area contributed by atoms with Crippen LogP contribution in [0.2, 0.25) is 5.02 Å². The Kier molecular flexibility index (Phi) is 3.55. The van der Waals surface area contributed by atoms with Gasteiger partial charge in [-0.3, -0.25) is 4.84 Å². The average Bonchev–Trinajstić information content (AvgIpc) is 2.99. The number of rotatable bonds is 4. The first-order valence-corrected chi connectivity index (χ1v) is 6.85. The minimum absolute atomic E-state index is 0.393. The summed E-state index contributed by atoms with van der Waals surface area (Å²) in [6, 6.07) is 5.90. The maximum atomic E-state index is 5.96. The van der Waals surface area contributed by atoms with Crippen molar-refractivity contribution in [2.75, 3.05) is 0 Å². The van der Waals surface area contributed by atoms with Crippen molar-refractivity contribution in [3.8, 4) is 0 Å². The second kappa shape index (κ2) is 5.31. The fourth-order valence-corrected chi connectivity index (χ4v) is 2.72. The van der Waals surface area contributed by atoms with Crippen molar-refractivity contribution >= 4 is 22.5 Å². The van der Waals surface area contributed by atoms with E-state index < -0.39 is 0 Å². The highest BCUT2D eigenvalue weighted by Gasteiger charge is 2.15. The maximum absolute atomic E-state index is 5.96. The van der Waals surface area contributed by atoms with E-state index in [-0.39, 0.29) is 0 Å². The van der Waals surface area contributed by atoms with Gasteiger partial charge in [0.05, 0.1) is 6.10 Å². The quantitative estimate of drug-likeness (QED) is 0.825. The smallest absolute Gasteiger partial charge is 0.0790 e. The zero-order valence-electron chi connectivity index (χ0n) is 10.2. The van der Waals surface area contributed by atoms with Crippen LogP contribution in [0.25, 0.3) is 10.9 Å². The van der Waals surface area contributed by atoms with E-state index in [9.17, 15) is 0 Å². The minimum atomic E-state index is 0.393. The van der Waals surface area contributed by atoms with Gasteiger partial charge in [0.25, 0.3) is 0 Å². The number of fused-ring (bicyclic) bond motifs is 1. The Labute approximate surface area is 111 Å². The molecule has 4 heteroatoms. The number of benzene rings is 1. The van der Waals surface area contributed by atoms with Crippen LogP contribution in [0.15, 0.2) is 24.4 Å². The molecular formula is C14H17ClN2O. The Morgan fingerprint density at radius 2 is 2.17 bits per heavy atom. The molecule has 0 bridgehead atoms. The molecule has 0 saturated heterocycles. The van der Waals surface area contributed by atoms with Gasteiger partial charge in [-0.05, 0) is 30.5 Å². The molecule has 1 fully saturated rings. The molecule has 0 unspecified atom stereocenters. The molecule has 3 rings (SSSR count). The normalized spacial score (nSPS) is 16.7. The van der Waals surface area contributed by atoms with E-state index in [0.29, 0.717) is 6.10 Å². The van der Waals surface area contributed by atoms with Crippen LogP contribution in [0.1, 0.15) is 31.2 Å². The van der Waals surface area contributed by atoms with Crippen LogP contribution in [-0.2, 0) is 11.4 Å². The van der Waals surface area contributed by atoms with Gasteiger partial charge in [-0.25, -0.2) is 0 Å². The lowest BCUT2D eigenvalue weighted by molar-refractivity contribution is -0.0242. The molecule has 1 aromatic carbocycles. The minimum Gasteiger partial charge on any atom is -0.361 e. The highest BCUT2D eigenvalue weighted by atomic mass is 35.5. The van der Waals surface area contributed by atoms with Crippen LogP contribution in [0.5, 0.6) is 0 Å². The Morgan fingerprint density at radius 1 is 1.33 bits per heavy atom. The maximum Gasteiger partial charge on any atom is 0.0790 e. The number of hydrogen-bond acceptors (Lipinski definition) is 2. The van der Waals surface area contributed by atoms with Crippen LogP contribution in [-0.4, -0.2) is 11.1 Å². The molecule has 1 aliphatic rings. The highest BCUT2D eigenvalue weighted by molar-refractivity contribution is 6.31. The predicted octanol–water partition coefficient (Wildman–Crippen LogP) is 3.79. The summed E-state index contributed by atoms with van der Waals surface area (Å²) in [5.41, 5.74) is 5.36. The molecule has 0 spiro atoms. The third kappa shape index (κ3) is 2.53. The molecular weight excluding hydrogens is 248 g/mol. The van der Waals surface area contributed by atoms with E-state index in [4.69, 9.17) is 16.4 Å². The predicted molar refractivity (Wildman–Crippen MR) is 73.5 cm³/mol. The first-order chi connectivity index (χ1) is 8.83. The lowest BCUT2D eigenvalue weighted by Gasteiger charge is -2.11. The van der Waals surface area contributed by atoms with Crippen LogP contribution in [0.3, 0.4) is 0 Å². The average molecular weight is 265 g/mol. The number of hydroxylamine groups is 1. The third-order valence-electron chi connectivity index (χ3n) is 3.54. The molecule has 1 aliphatic carbocycles. The molecule has 0 amide bonds. The van der Waals surface area contributed by atoms with Gasteiger partial charge in [0.15, 0.2) is 0 Å². The molecule has 0 aliphatic heterocycles.